The monoisotopic (exact) mass is 271 g/mol. The molecule has 0 unspecified atom stereocenters. The maximum Gasteiger partial charge on any atom is 0.323 e. The fourth-order valence-electron chi connectivity index (χ4n) is 2.46. The van der Waals surface area contributed by atoms with Crippen LogP contribution in [0.4, 0.5) is 0 Å². The zero-order chi connectivity index (χ0) is 14.1. The first-order chi connectivity index (χ1) is 9.13. The molecular weight excluding hydrogens is 246 g/mol. The van der Waals surface area contributed by atoms with Gasteiger partial charge in [0, 0.05) is 26.2 Å². The van der Waals surface area contributed by atoms with Crippen LogP contribution >= 0.6 is 0 Å². The Labute approximate surface area is 114 Å². The highest BCUT2D eigenvalue weighted by Crippen LogP contribution is 2.21. The van der Waals surface area contributed by atoms with Crippen molar-refractivity contribution in [2.24, 2.45) is 5.92 Å². The fourth-order valence-corrected chi connectivity index (χ4v) is 2.46. The van der Waals surface area contributed by atoms with Crippen molar-refractivity contribution in [3.8, 4) is 0 Å². The van der Waals surface area contributed by atoms with E-state index in [1.165, 1.54) is 4.90 Å². The number of carbonyl (C=O) groups excluding carboxylic acids is 1. The third-order valence-corrected chi connectivity index (χ3v) is 3.52. The summed E-state index contributed by atoms with van der Waals surface area (Å²) in [6.07, 6.45) is 5.32. The molecule has 1 rings (SSSR count). The molecule has 1 amide bonds. The molecule has 19 heavy (non-hydrogen) atoms. The van der Waals surface area contributed by atoms with Crippen LogP contribution in [0.1, 0.15) is 45.4 Å². The molecule has 0 aromatic heterocycles. The lowest BCUT2D eigenvalue weighted by Crippen LogP contribution is -2.36. The summed E-state index contributed by atoms with van der Waals surface area (Å²) in [5, 5.41) is 8.78. The van der Waals surface area contributed by atoms with Gasteiger partial charge in [-0.15, -0.1) is 0 Å². The van der Waals surface area contributed by atoms with E-state index in [-0.39, 0.29) is 12.5 Å². The Balaban J connectivity index is 2.24. The number of amides is 1. The number of ether oxygens (including phenoxy) is 1. The van der Waals surface area contributed by atoms with Crippen LogP contribution in [0.2, 0.25) is 0 Å². The first-order valence-corrected chi connectivity index (χ1v) is 7.20. The SMILES string of the molecule is CCCN(CC(=O)O)C(=O)CCCC1CCOCC1. The van der Waals surface area contributed by atoms with Gasteiger partial charge in [-0.2, -0.15) is 0 Å². The summed E-state index contributed by atoms with van der Waals surface area (Å²) in [6.45, 7) is 3.97. The van der Waals surface area contributed by atoms with E-state index in [4.69, 9.17) is 9.84 Å². The van der Waals surface area contributed by atoms with Gasteiger partial charge < -0.3 is 14.7 Å². The topological polar surface area (TPSA) is 66.8 Å². The molecule has 1 aliphatic heterocycles. The van der Waals surface area contributed by atoms with E-state index in [0.717, 1.165) is 45.3 Å². The molecule has 5 heteroatoms. The maximum atomic E-state index is 11.9. The molecule has 0 aromatic carbocycles. The molecule has 0 saturated carbocycles. The van der Waals surface area contributed by atoms with Crippen LogP contribution in [0.15, 0.2) is 0 Å². The molecule has 0 aromatic rings. The first-order valence-electron chi connectivity index (χ1n) is 7.20. The molecule has 1 heterocycles. The molecule has 1 saturated heterocycles. The normalized spacial score (nSPS) is 16.3. The van der Waals surface area contributed by atoms with Crippen LogP contribution in [0.25, 0.3) is 0 Å². The van der Waals surface area contributed by atoms with Crippen LogP contribution in [0.5, 0.6) is 0 Å². The van der Waals surface area contributed by atoms with Crippen LogP contribution in [0.3, 0.4) is 0 Å². The van der Waals surface area contributed by atoms with Crippen molar-refractivity contribution in [2.45, 2.75) is 45.4 Å². The summed E-state index contributed by atoms with van der Waals surface area (Å²) in [6, 6.07) is 0. The predicted molar refractivity (Wildman–Crippen MR) is 71.9 cm³/mol. The van der Waals surface area contributed by atoms with E-state index >= 15 is 0 Å². The number of carboxylic acids is 1. The van der Waals surface area contributed by atoms with Gasteiger partial charge in [-0.25, -0.2) is 0 Å². The van der Waals surface area contributed by atoms with E-state index in [0.29, 0.717) is 18.9 Å². The van der Waals surface area contributed by atoms with Crippen molar-refractivity contribution >= 4 is 11.9 Å². The Bertz CT molecular complexity index is 287. The summed E-state index contributed by atoms with van der Waals surface area (Å²) >= 11 is 0. The van der Waals surface area contributed by atoms with E-state index in [1.54, 1.807) is 0 Å². The average Bonchev–Trinajstić information content (AvgIpc) is 2.39. The van der Waals surface area contributed by atoms with E-state index in [9.17, 15) is 9.59 Å². The van der Waals surface area contributed by atoms with Crippen LogP contribution < -0.4 is 0 Å². The van der Waals surface area contributed by atoms with Gasteiger partial charge in [0.05, 0.1) is 0 Å². The smallest absolute Gasteiger partial charge is 0.323 e. The van der Waals surface area contributed by atoms with E-state index in [1.807, 2.05) is 6.92 Å². The molecule has 0 radical (unpaired) electrons. The Morgan fingerprint density at radius 3 is 2.58 bits per heavy atom. The van der Waals surface area contributed by atoms with Gasteiger partial charge >= 0.3 is 5.97 Å². The molecule has 5 nitrogen and oxygen atoms in total. The van der Waals surface area contributed by atoms with Gasteiger partial charge in [0.25, 0.3) is 0 Å². The minimum absolute atomic E-state index is 0.0312. The van der Waals surface area contributed by atoms with Crippen LogP contribution in [-0.2, 0) is 14.3 Å². The third kappa shape index (κ3) is 6.57. The standard InChI is InChI=1S/C14H25NO4/c1-2-8-15(11-14(17)18)13(16)5-3-4-12-6-9-19-10-7-12/h12H,2-11H2,1H3,(H,17,18). The fraction of sp³-hybridized carbons (Fsp3) is 0.857. The van der Waals surface area contributed by atoms with E-state index < -0.39 is 5.97 Å². The van der Waals surface area contributed by atoms with Gasteiger partial charge in [0.2, 0.25) is 5.91 Å². The lowest BCUT2D eigenvalue weighted by atomic mass is 9.94. The largest absolute Gasteiger partial charge is 0.480 e. The zero-order valence-corrected chi connectivity index (χ0v) is 11.8. The van der Waals surface area contributed by atoms with E-state index in [2.05, 4.69) is 0 Å². The molecule has 0 bridgehead atoms. The van der Waals surface area contributed by atoms with Gasteiger partial charge in [0.15, 0.2) is 0 Å². The number of carbonyl (C=O) groups is 2. The number of nitrogens with zero attached hydrogens (tertiary/aromatic N) is 1. The highest BCUT2D eigenvalue weighted by Gasteiger charge is 2.17. The van der Waals surface area contributed by atoms with Crippen molar-refractivity contribution in [3.63, 3.8) is 0 Å². The Morgan fingerprint density at radius 1 is 1.32 bits per heavy atom. The summed E-state index contributed by atoms with van der Waals surface area (Å²) in [7, 11) is 0. The molecule has 1 N–H and O–H groups in total. The molecule has 110 valence electrons. The van der Waals surface area contributed by atoms with Gasteiger partial charge in [-0.05, 0) is 38.0 Å². The molecule has 0 spiro atoms. The molecule has 0 aliphatic carbocycles. The Kier molecular flexibility index (Phi) is 7.48. The van der Waals surface area contributed by atoms with Crippen molar-refractivity contribution < 1.29 is 19.4 Å². The number of aliphatic carboxylic acids is 1. The minimum atomic E-state index is -0.939. The second-order valence-corrected chi connectivity index (χ2v) is 5.16. The van der Waals surface area contributed by atoms with Gasteiger partial charge in [0.1, 0.15) is 6.54 Å². The lowest BCUT2D eigenvalue weighted by molar-refractivity contribution is -0.144. The summed E-state index contributed by atoms with van der Waals surface area (Å²) in [4.78, 5) is 24.1. The number of carboxylic acid groups (broad SMARTS) is 1. The molecule has 1 fully saturated rings. The van der Waals surface area contributed by atoms with Crippen LogP contribution in [-0.4, -0.2) is 48.2 Å². The molecular formula is C14H25NO4. The van der Waals surface area contributed by atoms with Crippen molar-refractivity contribution in [1.29, 1.82) is 0 Å². The predicted octanol–water partition coefficient (Wildman–Crippen LogP) is 1.91. The molecule has 1 aliphatic rings. The van der Waals surface area contributed by atoms with Crippen LogP contribution in [0, 0.1) is 5.92 Å². The molecule has 0 atom stereocenters. The quantitative estimate of drug-likeness (QED) is 0.732. The van der Waals surface area contributed by atoms with Gasteiger partial charge in [-0.1, -0.05) is 6.92 Å². The number of hydrogen-bond donors (Lipinski definition) is 1. The lowest BCUT2D eigenvalue weighted by Gasteiger charge is -2.23. The highest BCUT2D eigenvalue weighted by atomic mass is 16.5. The first kappa shape index (κ1) is 16.0. The highest BCUT2D eigenvalue weighted by molar-refractivity contribution is 5.81. The Morgan fingerprint density at radius 2 is 2.00 bits per heavy atom. The number of hydrogen-bond acceptors (Lipinski definition) is 3. The van der Waals surface area contributed by atoms with Crippen molar-refractivity contribution in [3.05, 3.63) is 0 Å². The van der Waals surface area contributed by atoms with Crippen molar-refractivity contribution in [2.75, 3.05) is 26.3 Å². The second kappa shape index (κ2) is 8.91. The number of rotatable bonds is 8. The second-order valence-electron chi connectivity index (χ2n) is 5.16. The third-order valence-electron chi connectivity index (χ3n) is 3.52. The zero-order valence-electron chi connectivity index (χ0n) is 11.8. The minimum Gasteiger partial charge on any atom is -0.480 e. The van der Waals surface area contributed by atoms with Crippen molar-refractivity contribution in [1.82, 2.24) is 4.90 Å². The Hall–Kier alpha value is -1.10. The maximum absolute atomic E-state index is 11.9. The summed E-state index contributed by atoms with van der Waals surface area (Å²) in [5.74, 6) is -0.303. The summed E-state index contributed by atoms with van der Waals surface area (Å²) < 4.78 is 5.30. The average molecular weight is 271 g/mol. The summed E-state index contributed by atoms with van der Waals surface area (Å²) in [5.41, 5.74) is 0. The van der Waals surface area contributed by atoms with Gasteiger partial charge in [-0.3, -0.25) is 9.59 Å².